The molecule has 1 fully saturated rings. The van der Waals surface area contributed by atoms with Gasteiger partial charge in [-0.05, 0) is 51.9 Å². The number of benzene rings is 6. The minimum atomic E-state index is -1.17. The third-order valence-electron chi connectivity index (χ3n) is 10.0. The van der Waals surface area contributed by atoms with E-state index < -0.39 is 24.0 Å². The Bertz CT molecular complexity index is 2090. The van der Waals surface area contributed by atoms with Crippen molar-refractivity contribution in [3.63, 3.8) is 0 Å². The lowest BCUT2D eigenvalue weighted by Gasteiger charge is -2.62. The Hall–Kier alpha value is -4.72. The molecule has 0 spiro atoms. The van der Waals surface area contributed by atoms with Crippen LogP contribution in [0.2, 0.25) is 0 Å². The number of nitrogens with zero attached hydrogens (tertiary/aromatic N) is 3. The van der Waals surface area contributed by atoms with Gasteiger partial charge in [0.15, 0.2) is 0 Å². The van der Waals surface area contributed by atoms with E-state index in [1.807, 2.05) is 69.7 Å². The van der Waals surface area contributed by atoms with Gasteiger partial charge in [-0.2, -0.15) is 0 Å². The van der Waals surface area contributed by atoms with Gasteiger partial charge in [0.1, 0.15) is 0 Å². The first kappa shape index (κ1) is 26.9. The molecule has 2 atom stereocenters. The van der Waals surface area contributed by atoms with Gasteiger partial charge >= 0.3 is 0 Å². The smallest absolute Gasteiger partial charge is 0.0897 e. The fourth-order valence-electron chi connectivity index (χ4n) is 8.29. The van der Waals surface area contributed by atoms with Crippen molar-refractivity contribution >= 4 is 71.5 Å². The van der Waals surface area contributed by atoms with Crippen molar-refractivity contribution in [2.45, 2.75) is 24.0 Å². The molecule has 2 unspecified atom stereocenters. The van der Waals surface area contributed by atoms with Gasteiger partial charge in [-0.25, -0.2) is 0 Å². The third-order valence-corrected chi connectivity index (χ3v) is 10.0. The van der Waals surface area contributed by atoms with Gasteiger partial charge in [-0.1, -0.05) is 60.7 Å². The second kappa shape index (κ2) is 9.39. The average Bonchev–Trinajstić information content (AvgIpc) is 3.00. The summed E-state index contributed by atoms with van der Waals surface area (Å²) in [5.41, 5.74) is 19.3. The van der Waals surface area contributed by atoms with Crippen LogP contribution in [-0.2, 0) is 0 Å². The van der Waals surface area contributed by atoms with Crippen LogP contribution in [0.5, 0.6) is 0 Å². The van der Waals surface area contributed by atoms with Crippen molar-refractivity contribution in [2.75, 3.05) is 61.0 Å². The van der Waals surface area contributed by atoms with E-state index in [0.717, 1.165) is 65.7 Å². The number of rotatable bonds is 3. The topological polar surface area (TPSA) is 108 Å². The number of fused-ring (bicyclic) bond motifs is 4. The fourth-order valence-corrected chi connectivity index (χ4v) is 8.29. The average molecular weight is 582 g/mol. The monoisotopic (exact) mass is 581 g/mol. The standard InChI is InChI=1S/C37H35N5O2/c1-40(2)34-21-12-7-5-10-19(21)27(20-11-6-8-13-22(20)34)32-36(43)33(37(32)44)31-28-23(14-9-15-24(28)38)35-30-26(41(3)18-42(35)4)17-16-25(39)29(30)31/h5-17,32-33,36-37H,18,38-39H2,1-4H3/q-2. The number of nitrogens with two attached hydrogens (primary N) is 2. The molecular weight excluding hydrogens is 546 g/mol. The maximum absolute atomic E-state index is 14.7. The van der Waals surface area contributed by atoms with Gasteiger partial charge < -0.3 is 36.4 Å². The minimum Gasteiger partial charge on any atom is -0.851 e. The molecule has 1 heterocycles. The zero-order chi connectivity index (χ0) is 30.6. The Morgan fingerprint density at radius 1 is 0.614 bits per heavy atom. The number of nitrogen functional groups attached to an aromatic ring is 2. The van der Waals surface area contributed by atoms with Crippen LogP contribution in [0.15, 0.2) is 78.9 Å². The second-order valence-electron chi connectivity index (χ2n) is 12.7. The SMILES string of the molecule is CN(C)c1c2ccccc2c(C2C([O-])C(c3c4c(N)cccc4c4c5c(ccc(N)c35)N(C)CN4C)C2[O-])c2ccccc12. The highest BCUT2D eigenvalue weighted by Crippen LogP contribution is 2.57. The van der Waals surface area contributed by atoms with Crippen molar-refractivity contribution in [3.05, 3.63) is 90.0 Å². The summed E-state index contributed by atoms with van der Waals surface area (Å²) in [4.78, 5) is 6.48. The van der Waals surface area contributed by atoms with Crippen molar-refractivity contribution < 1.29 is 10.2 Å². The van der Waals surface area contributed by atoms with E-state index in [9.17, 15) is 10.2 Å². The first-order chi connectivity index (χ1) is 21.2. The van der Waals surface area contributed by atoms with Crippen LogP contribution in [0.1, 0.15) is 23.0 Å². The first-order valence-electron chi connectivity index (χ1n) is 15.1. The van der Waals surface area contributed by atoms with Crippen molar-refractivity contribution in [1.29, 1.82) is 0 Å². The third kappa shape index (κ3) is 3.39. The molecule has 222 valence electrons. The van der Waals surface area contributed by atoms with Gasteiger partial charge in [0, 0.05) is 77.6 Å². The van der Waals surface area contributed by atoms with Crippen LogP contribution in [0.25, 0.3) is 43.1 Å². The van der Waals surface area contributed by atoms with Crippen LogP contribution < -0.4 is 36.4 Å². The van der Waals surface area contributed by atoms with E-state index in [-0.39, 0.29) is 0 Å². The van der Waals surface area contributed by atoms with Gasteiger partial charge in [0.2, 0.25) is 0 Å². The van der Waals surface area contributed by atoms with Crippen molar-refractivity contribution in [1.82, 2.24) is 0 Å². The molecule has 6 aromatic rings. The lowest BCUT2D eigenvalue weighted by molar-refractivity contribution is -0.535. The van der Waals surface area contributed by atoms with Crippen molar-refractivity contribution in [3.8, 4) is 0 Å². The first-order valence-corrected chi connectivity index (χ1v) is 15.1. The highest BCUT2D eigenvalue weighted by atomic mass is 16.3. The molecule has 0 radical (unpaired) electrons. The summed E-state index contributed by atoms with van der Waals surface area (Å²) >= 11 is 0. The normalized spacial score (nSPS) is 21.4. The molecule has 0 amide bonds. The van der Waals surface area contributed by atoms with Gasteiger partial charge in [0.25, 0.3) is 0 Å². The van der Waals surface area contributed by atoms with E-state index in [4.69, 9.17) is 11.5 Å². The molecule has 8 rings (SSSR count). The Labute approximate surface area is 256 Å². The Balaban J connectivity index is 1.41. The van der Waals surface area contributed by atoms with Crippen molar-refractivity contribution in [2.24, 2.45) is 0 Å². The van der Waals surface area contributed by atoms with Gasteiger partial charge in [0.05, 0.1) is 18.0 Å². The zero-order valence-corrected chi connectivity index (χ0v) is 25.3. The molecule has 0 aromatic heterocycles. The Kier molecular flexibility index (Phi) is 5.73. The number of anilines is 5. The van der Waals surface area contributed by atoms with Gasteiger partial charge in [-0.3, -0.25) is 0 Å². The molecule has 0 bridgehead atoms. The largest absolute Gasteiger partial charge is 0.851 e. The predicted molar refractivity (Wildman–Crippen MR) is 181 cm³/mol. The van der Waals surface area contributed by atoms with E-state index in [2.05, 4.69) is 52.1 Å². The minimum absolute atomic E-state index is 0.557. The van der Waals surface area contributed by atoms with E-state index in [1.54, 1.807) is 0 Å². The number of hydrogen-bond donors (Lipinski definition) is 2. The van der Waals surface area contributed by atoms with Crippen LogP contribution >= 0.6 is 0 Å². The molecule has 1 saturated carbocycles. The number of hydrogen-bond acceptors (Lipinski definition) is 7. The quantitative estimate of drug-likeness (QED) is 0.230. The summed E-state index contributed by atoms with van der Waals surface area (Å²) in [6.45, 7) is 0.693. The Morgan fingerprint density at radius 2 is 1.16 bits per heavy atom. The lowest BCUT2D eigenvalue weighted by atomic mass is 9.60. The fraction of sp³-hybridized carbons (Fsp3) is 0.243. The molecule has 1 aliphatic heterocycles. The second-order valence-corrected chi connectivity index (χ2v) is 12.7. The van der Waals surface area contributed by atoms with E-state index in [1.165, 1.54) is 0 Å². The molecule has 7 heteroatoms. The molecule has 44 heavy (non-hydrogen) atoms. The zero-order valence-electron chi connectivity index (χ0n) is 25.3. The summed E-state index contributed by atoms with van der Waals surface area (Å²) < 4.78 is 0. The molecule has 0 saturated heterocycles. The molecule has 6 aromatic carbocycles. The van der Waals surface area contributed by atoms with Crippen LogP contribution in [-0.4, -0.2) is 47.1 Å². The maximum Gasteiger partial charge on any atom is 0.0897 e. The molecule has 7 nitrogen and oxygen atoms in total. The van der Waals surface area contributed by atoms with Crippen LogP contribution in [0, 0.1) is 0 Å². The summed E-state index contributed by atoms with van der Waals surface area (Å²) in [6.07, 6.45) is -2.35. The van der Waals surface area contributed by atoms with Gasteiger partial charge in [-0.15, -0.1) is 12.2 Å². The van der Waals surface area contributed by atoms with E-state index >= 15 is 0 Å². The molecule has 1 aliphatic carbocycles. The predicted octanol–water partition coefficient (Wildman–Crippen LogP) is 4.71. The summed E-state index contributed by atoms with van der Waals surface area (Å²) in [7, 11) is 8.17. The van der Waals surface area contributed by atoms with E-state index in [0.29, 0.717) is 23.6 Å². The molecular formula is C37H35N5O2-2. The molecule has 4 N–H and O–H groups in total. The summed E-state index contributed by atoms with van der Waals surface area (Å²) in [6, 6.07) is 26.1. The highest BCUT2D eigenvalue weighted by Gasteiger charge is 2.43. The maximum atomic E-state index is 14.7. The van der Waals surface area contributed by atoms with Crippen LogP contribution in [0.3, 0.4) is 0 Å². The summed E-state index contributed by atoms with van der Waals surface area (Å²) in [5, 5.41) is 37.0. The Morgan fingerprint density at radius 3 is 1.77 bits per heavy atom. The van der Waals surface area contributed by atoms with Crippen LogP contribution in [0.4, 0.5) is 28.4 Å². The summed E-state index contributed by atoms with van der Waals surface area (Å²) in [5.74, 6) is -1.52. The highest BCUT2D eigenvalue weighted by molar-refractivity contribution is 6.24. The molecule has 2 aliphatic rings. The lowest BCUT2D eigenvalue weighted by Crippen LogP contribution is -2.63.